The van der Waals surface area contributed by atoms with Crippen LogP contribution in [0.25, 0.3) is 27.4 Å². The van der Waals surface area contributed by atoms with E-state index in [1.165, 1.54) is 24.5 Å². The Morgan fingerprint density at radius 1 is 1.18 bits per heavy atom. The van der Waals surface area contributed by atoms with Crippen LogP contribution in [-0.2, 0) is 11.0 Å². The zero-order chi connectivity index (χ0) is 23.6. The van der Waals surface area contributed by atoms with Crippen molar-refractivity contribution in [2.75, 3.05) is 18.4 Å². The fraction of sp³-hybridized carbons (Fsp3) is 0.190. The van der Waals surface area contributed by atoms with Gasteiger partial charge in [0, 0.05) is 64.5 Å². The lowest BCUT2D eigenvalue weighted by Gasteiger charge is -2.12. The summed E-state index contributed by atoms with van der Waals surface area (Å²) >= 11 is 0.830. The van der Waals surface area contributed by atoms with Gasteiger partial charge >= 0.3 is 12.2 Å². The van der Waals surface area contributed by atoms with Crippen molar-refractivity contribution in [2.24, 2.45) is 0 Å². The molecule has 0 spiro atoms. The Labute approximate surface area is 190 Å². The van der Waals surface area contributed by atoms with Crippen molar-refractivity contribution >= 4 is 34.7 Å². The SMILES string of the molecule is CCNC(=O)Nc1cc(-c2nc(C(F)(F)F)cs2)c(-c2cncc(C3=CC(=O)CN3)c2)cn1. The van der Waals surface area contributed by atoms with E-state index in [4.69, 9.17) is 0 Å². The molecule has 0 unspecified atom stereocenters. The van der Waals surface area contributed by atoms with E-state index in [2.05, 4.69) is 30.9 Å². The first-order valence-electron chi connectivity index (χ1n) is 9.76. The summed E-state index contributed by atoms with van der Waals surface area (Å²) in [6.07, 6.45) is 1.43. The van der Waals surface area contributed by atoms with Crippen LogP contribution in [-0.4, -0.2) is 39.9 Å². The van der Waals surface area contributed by atoms with E-state index < -0.39 is 17.9 Å². The van der Waals surface area contributed by atoms with E-state index in [0.29, 0.717) is 34.5 Å². The minimum atomic E-state index is -4.58. The summed E-state index contributed by atoms with van der Waals surface area (Å²) in [5, 5.41) is 9.13. The molecule has 0 saturated heterocycles. The molecule has 8 nitrogen and oxygen atoms in total. The highest BCUT2D eigenvalue weighted by atomic mass is 32.1. The molecule has 12 heteroatoms. The summed E-state index contributed by atoms with van der Waals surface area (Å²) in [4.78, 5) is 35.7. The number of alkyl halides is 3. The number of rotatable bonds is 5. The molecule has 1 aliphatic heterocycles. The number of carbonyl (C=O) groups is 2. The minimum Gasteiger partial charge on any atom is -0.377 e. The molecule has 1 aliphatic rings. The Kier molecular flexibility index (Phi) is 6.09. The molecule has 0 aromatic carbocycles. The summed E-state index contributed by atoms with van der Waals surface area (Å²) in [5.41, 5.74) is 1.62. The molecule has 0 saturated carbocycles. The minimum absolute atomic E-state index is 0.0685. The van der Waals surface area contributed by atoms with Crippen molar-refractivity contribution in [2.45, 2.75) is 13.1 Å². The van der Waals surface area contributed by atoms with E-state index >= 15 is 0 Å². The molecule has 33 heavy (non-hydrogen) atoms. The molecule has 0 atom stereocenters. The lowest BCUT2D eigenvalue weighted by molar-refractivity contribution is -0.140. The van der Waals surface area contributed by atoms with Crippen LogP contribution in [0.3, 0.4) is 0 Å². The molecule has 0 aliphatic carbocycles. The highest BCUT2D eigenvalue weighted by Crippen LogP contribution is 2.38. The van der Waals surface area contributed by atoms with Gasteiger partial charge in [-0.15, -0.1) is 11.3 Å². The van der Waals surface area contributed by atoms with Crippen LogP contribution >= 0.6 is 11.3 Å². The summed E-state index contributed by atoms with van der Waals surface area (Å²) in [6.45, 7) is 2.33. The van der Waals surface area contributed by atoms with Gasteiger partial charge in [0.2, 0.25) is 0 Å². The zero-order valence-corrected chi connectivity index (χ0v) is 18.0. The molecular weight excluding hydrogens is 457 g/mol. The quantitative estimate of drug-likeness (QED) is 0.517. The van der Waals surface area contributed by atoms with E-state index in [1.54, 1.807) is 19.2 Å². The molecule has 3 aromatic heterocycles. The Balaban J connectivity index is 1.79. The van der Waals surface area contributed by atoms with Gasteiger partial charge in [-0.3, -0.25) is 15.1 Å². The fourth-order valence-electron chi connectivity index (χ4n) is 3.14. The van der Waals surface area contributed by atoms with Crippen LogP contribution in [0.2, 0.25) is 0 Å². The van der Waals surface area contributed by atoms with Gasteiger partial charge in [0.25, 0.3) is 0 Å². The maximum atomic E-state index is 13.1. The fourth-order valence-corrected chi connectivity index (χ4v) is 4.00. The van der Waals surface area contributed by atoms with Crippen molar-refractivity contribution in [1.82, 2.24) is 25.6 Å². The molecule has 0 bridgehead atoms. The van der Waals surface area contributed by atoms with Gasteiger partial charge in [0.15, 0.2) is 11.5 Å². The normalized spacial score (nSPS) is 13.5. The first kappa shape index (κ1) is 22.4. The largest absolute Gasteiger partial charge is 0.434 e. The molecule has 4 heterocycles. The van der Waals surface area contributed by atoms with Crippen LogP contribution in [0.15, 0.2) is 42.2 Å². The standard InChI is InChI=1S/C21H17F3N6O2S/c1-2-26-20(32)30-18-5-14(19-29-17(10-33-19)21(22,23)24)15(9-28-18)11-3-12(7-25-6-11)16-4-13(31)8-27-16/h3-7,9-10,27H,2,8H2,1H3,(H2,26,28,30,32). The Bertz CT molecular complexity index is 1250. The van der Waals surface area contributed by atoms with Gasteiger partial charge in [-0.25, -0.2) is 14.8 Å². The second-order valence-corrected chi connectivity index (χ2v) is 7.83. The van der Waals surface area contributed by atoms with Crippen LogP contribution in [0.5, 0.6) is 0 Å². The predicted molar refractivity (Wildman–Crippen MR) is 117 cm³/mol. The number of nitrogens with one attached hydrogen (secondary N) is 3. The lowest BCUT2D eigenvalue weighted by Crippen LogP contribution is -2.28. The number of halogens is 3. The van der Waals surface area contributed by atoms with Crippen molar-refractivity contribution in [3.05, 3.63) is 53.4 Å². The van der Waals surface area contributed by atoms with Gasteiger partial charge in [0.05, 0.1) is 6.54 Å². The maximum Gasteiger partial charge on any atom is 0.434 e. The summed E-state index contributed by atoms with van der Waals surface area (Å²) in [5.74, 6) is 0.0827. The van der Waals surface area contributed by atoms with Crippen LogP contribution < -0.4 is 16.0 Å². The zero-order valence-electron chi connectivity index (χ0n) is 17.2. The number of hydrogen-bond acceptors (Lipinski definition) is 7. The molecule has 4 rings (SSSR count). The topological polar surface area (TPSA) is 109 Å². The summed E-state index contributed by atoms with van der Waals surface area (Å²) < 4.78 is 39.4. The van der Waals surface area contributed by atoms with E-state index in [-0.39, 0.29) is 23.2 Å². The highest BCUT2D eigenvalue weighted by molar-refractivity contribution is 7.13. The van der Waals surface area contributed by atoms with Gasteiger partial charge in [-0.05, 0) is 19.1 Å². The van der Waals surface area contributed by atoms with Crippen molar-refractivity contribution in [3.8, 4) is 21.7 Å². The third kappa shape index (κ3) is 5.00. The third-order valence-electron chi connectivity index (χ3n) is 4.63. The first-order valence-corrected chi connectivity index (χ1v) is 10.6. The van der Waals surface area contributed by atoms with E-state index in [1.807, 2.05) is 0 Å². The third-order valence-corrected chi connectivity index (χ3v) is 5.50. The van der Waals surface area contributed by atoms with Gasteiger partial charge < -0.3 is 10.6 Å². The second-order valence-electron chi connectivity index (χ2n) is 6.98. The molecule has 0 fully saturated rings. The maximum absolute atomic E-state index is 13.1. The number of aromatic nitrogens is 3. The van der Waals surface area contributed by atoms with Crippen molar-refractivity contribution in [1.29, 1.82) is 0 Å². The van der Waals surface area contributed by atoms with Crippen molar-refractivity contribution < 1.29 is 22.8 Å². The molecular formula is C21H17F3N6O2S. The van der Waals surface area contributed by atoms with Gasteiger partial charge in [0.1, 0.15) is 10.8 Å². The smallest absolute Gasteiger partial charge is 0.377 e. The average molecular weight is 474 g/mol. The number of amides is 2. The Morgan fingerprint density at radius 3 is 2.64 bits per heavy atom. The van der Waals surface area contributed by atoms with Crippen LogP contribution in [0.1, 0.15) is 18.2 Å². The van der Waals surface area contributed by atoms with Crippen LogP contribution in [0, 0.1) is 0 Å². The highest BCUT2D eigenvalue weighted by Gasteiger charge is 2.34. The molecule has 0 radical (unpaired) electrons. The predicted octanol–water partition coefficient (Wildman–Crippen LogP) is 3.94. The number of thiazole rings is 1. The molecule has 3 aromatic rings. The van der Waals surface area contributed by atoms with E-state index in [9.17, 15) is 22.8 Å². The summed E-state index contributed by atoms with van der Waals surface area (Å²) in [7, 11) is 0. The lowest BCUT2D eigenvalue weighted by atomic mass is 10.0. The molecule has 3 N–H and O–H groups in total. The number of hydrogen-bond donors (Lipinski definition) is 3. The van der Waals surface area contributed by atoms with Crippen LogP contribution in [0.4, 0.5) is 23.8 Å². The number of anilines is 1. The second kappa shape index (κ2) is 8.98. The number of ketones is 1. The first-order chi connectivity index (χ1) is 15.7. The van der Waals surface area contributed by atoms with E-state index in [0.717, 1.165) is 16.7 Å². The Morgan fingerprint density at radius 2 is 1.97 bits per heavy atom. The number of carbonyl (C=O) groups excluding carboxylic acids is 2. The number of nitrogens with zero attached hydrogens (tertiary/aromatic N) is 3. The van der Waals surface area contributed by atoms with Gasteiger partial charge in [-0.2, -0.15) is 13.2 Å². The molecule has 2 amide bonds. The van der Waals surface area contributed by atoms with Gasteiger partial charge in [-0.1, -0.05) is 0 Å². The monoisotopic (exact) mass is 474 g/mol. The number of urea groups is 1. The summed E-state index contributed by atoms with van der Waals surface area (Å²) in [6, 6.07) is 2.72. The Hall–Kier alpha value is -3.80. The number of pyridine rings is 2. The average Bonchev–Trinajstić information content (AvgIpc) is 3.43. The molecule has 170 valence electrons. The van der Waals surface area contributed by atoms with Crippen molar-refractivity contribution in [3.63, 3.8) is 0 Å².